The van der Waals surface area contributed by atoms with Crippen molar-refractivity contribution < 1.29 is 4.39 Å². The van der Waals surface area contributed by atoms with Gasteiger partial charge in [-0.2, -0.15) is 0 Å². The molecule has 6 heteroatoms. The van der Waals surface area contributed by atoms with E-state index in [1.165, 1.54) is 11.8 Å². The number of aromatic nitrogens is 2. The van der Waals surface area contributed by atoms with Crippen molar-refractivity contribution in [2.24, 2.45) is 0 Å². The van der Waals surface area contributed by atoms with E-state index in [9.17, 15) is 4.39 Å². The molecule has 0 fully saturated rings. The lowest BCUT2D eigenvalue weighted by Crippen LogP contribution is -1.98. The Hall–Kier alpha value is -1.33. The second-order valence-corrected chi connectivity index (χ2v) is 4.63. The Morgan fingerprint density at radius 3 is 2.88 bits per heavy atom. The summed E-state index contributed by atoms with van der Waals surface area (Å²) in [5.41, 5.74) is 6.32. The van der Waals surface area contributed by atoms with E-state index in [-0.39, 0.29) is 11.0 Å². The quantitative estimate of drug-likeness (QED) is 0.687. The Kier molecular flexibility index (Phi) is 3.81. The van der Waals surface area contributed by atoms with Gasteiger partial charge < -0.3 is 5.73 Å². The van der Waals surface area contributed by atoms with Crippen LogP contribution >= 0.6 is 23.4 Å². The van der Waals surface area contributed by atoms with Crippen molar-refractivity contribution in [1.29, 1.82) is 0 Å². The van der Waals surface area contributed by atoms with Crippen LogP contribution in [0.4, 0.5) is 10.3 Å². The fourth-order valence-corrected chi connectivity index (χ4v) is 2.40. The molecule has 1 aromatic carbocycles. The summed E-state index contributed by atoms with van der Waals surface area (Å²) in [6.07, 6.45) is 1.07. The zero-order chi connectivity index (χ0) is 12.3. The van der Waals surface area contributed by atoms with E-state index in [0.717, 1.165) is 11.8 Å². The zero-order valence-corrected chi connectivity index (χ0v) is 10.3. The van der Waals surface area contributed by atoms with Gasteiger partial charge in [0, 0.05) is 10.8 Å². The number of benzene rings is 1. The molecule has 0 saturated carbocycles. The van der Waals surface area contributed by atoms with Gasteiger partial charge in [-0.05, 0) is 11.6 Å². The van der Waals surface area contributed by atoms with Crippen molar-refractivity contribution in [2.75, 3.05) is 5.73 Å². The van der Waals surface area contributed by atoms with Gasteiger partial charge in [-0.3, -0.25) is 0 Å². The molecule has 0 saturated heterocycles. The lowest BCUT2D eigenvalue weighted by molar-refractivity contribution is 0.580. The van der Waals surface area contributed by atoms with Gasteiger partial charge in [-0.25, -0.2) is 14.4 Å². The third-order valence-corrected chi connectivity index (χ3v) is 3.44. The minimum Gasteiger partial charge on any atom is -0.368 e. The van der Waals surface area contributed by atoms with Crippen LogP contribution in [0.15, 0.2) is 35.5 Å². The van der Waals surface area contributed by atoms with Crippen LogP contribution in [-0.2, 0) is 5.75 Å². The summed E-state index contributed by atoms with van der Waals surface area (Å²) in [4.78, 5) is 7.39. The topological polar surface area (TPSA) is 51.8 Å². The summed E-state index contributed by atoms with van der Waals surface area (Å²) < 4.78 is 13.3. The van der Waals surface area contributed by atoms with E-state index in [2.05, 4.69) is 9.97 Å². The summed E-state index contributed by atoms with van der Waals surface area (Å²) >= 11 is 7.23. The Morgan fingerprint density at radius 1 is 1.35 bits per heavy atom. The number of halogens is 2. The molecule has 1 aromatic heterocycles. The maximum absolute atomic E-state index is 13.3. The van der Waals surface area contributed by atoms with E-state index in [0.29, 0.717) is 10.8 Å². The molecule has 2 rings (SSSR count). The second kappa shape index (κ2) is 5.33. The molecule has 0 atom stereocenters. The van der Waals surface area contributed by atoms with Gasteiger partial charge >= 0.3 is 0 Å². The third-order valence-electron chi connectivity index (χ3n) is 2.05. The summed E-state index contributed by atoms with van der Waals surface area (Å²) in [5, 5.41) is 0.889. The first-order valence-corrected chi connectivity index (χ1v) is 6.17. The lowest BCUT2D eigenvalue weighted by atomic mass is 10.2. The highest BCUT2D eigenvalue weighted by molar-refractivity contribution is 7.98. The number of anilines is 1. The first-order valence-electron chi connectivity index (χ1n) is 4.81. The van der Waals surface area contributed by atoms with E-state index < -0.39 is 5.82 Å². The van der Waals surface area contributed by atoms with Gasteiger partial charge in [0.1, 0.15) is 5.03 Å². The number of nitrogen functional groups attached to an aromatic ring is 1. The molecule has 88 valence electrons. The summed E-state index contributed by atoms with van der Waals surface area (Å²) in [6, 6.07) is 7.41. The fourth-order valence-electron chi connectivity index (χ4n) is 1.23. The van der Waals surface area contributed by atoms with Crippen molar-refractivity contribution in [2.45, 2.75) is 10.8 Å². The minimum absolute atomic E-state index is 0.0630. The van der Waals surface area contributed by atoms with Crippen LogP contribution < -0.4 is 5.73 Å². The molecule has 0 amide bonds. The molecular weight excluding hydrogens is 261 g/mol. The number of nitrogens with zero attached hydrogens (tertiary/aromatic N) is 2. The molecule has 0 bridgehead atoms. The number of nitrogens with two attached hydrogens (primary N) is 1. The van der Waals surface area contributed by atoms with Gasteiger partial charge in [0.15, 0.2) is 5.82 Å². The van der Waals surface area contributed by atoms with Gasteiger partial charge in [-0.15, -0.1) is 0 Å². The Bertz CT molecular complexity index is 536. The number of hydrogen-bond donors (Lipinski definition) is 1. The van der Waals surface area contributed by atoms with Crippen LogP contribution in [0, 0.1) is 5.82 Å². The average molecular weight is 270 g/mol. The molecule has 0 aliphatic rings. The molecule has 0 spiro atoms. The Morgan fingerprint density at radius 2 is 2.12 bits per heavy atom. The highest BCUT2D eigenvalue weighted by atomic mass is 35.5. The SMILES string of the molecule is Nc1ncc(F)c(SCc2ccccc2Cl)n1. The van der Waals surface area contributed by atoms with E-state index in [1.807, 2.05) is 18.2 Å². The van der Waals surface area contributed by atoms with Crippen molar-refractivity contribution in [3.63, 3.8) is 0 Å². The van der Waals surface area contributed by atoms with Crippen LogP contribution in [0.25, 0.3) is 0 Å². The molecule has 3 nitrogen and oxygen atoms in total. The monoisotopic (exact) mass is 269 g/mol. The molecule has 0 aliphatic carbocycles. The van der Waals surface area contributed by atoms with Gasteiger partial charge in [0.25, 0.3) is 0 Å². The highest BCUT2D eigenvalue weighted by Crippen LogP contribution is 2.26. The maximum Gasteiger partial charge on any atom is 0.221 e. The first kappa shape index (κ1) is 12.1. The number of hydrogen-bond acceptors (Lipinski definition) is 4. The predicted octanol–water partition coefficient (Wildman–Crippen LogP) is 3.14. The molecule has 2 aromatic rings. The molecule has 1 heterocycles. The largest absolute Gasteiger partial charge is 0.368 e. The molecule has 0 unspecified atom stereocenters. The minimum atomic E-state index is -0.476. The van der Waals surface area contributed by atoms with E-state index >= 15 is 0 Å². The maximum atomic E-state index is 13.3. The molecule has 2 N–H and O–H groups in total. The van der Waals surface area contributed by atoms with E-state index in [4.69, 9.17) is 17.3 Å². The molecule has 0 aliphatic heterocycles. The standard InChI is InChI=1S/C11H9ClFN3S/c12-8-4-2-1-3-7(8)6-17-10-9(13)5-15-11(14)16-10/h1-5H,6H2,(H2,14,15,16). The van der Waals surface area contributed by atoms with Crippen molar-refractivity contribution in [3.05, 3.63) is 46.9 Å². The fraction of sp³-hybridized carbons (Fsp3) is 0.0909. The smallest absolute Gasteiger partial charge is 0.221 e. The van der Waals surface area contributed by atoms with Crippen molar-refractivity contribution in [1.82, 2.24) is 9.97 Å². The van der Waals surface area contributed by atoms with Crippen LogP contribution in [0.5, 0.6) is 0 Å². The Labute approximate surface area is 107 Å². The normalized spacial score (nSPS) is 10.5. The number of rotatable bonds is 3. The zero-order valence-electron chi connectivity index (χ0n) is 8.73. The molecule has 0 radical (unpaired) electrons. The van der Waals surface area contributed by atoms with Crippen LogP contribution in [0.3, 0.4) is 0 Å². The van der Waals surface area contributed by atoms with Gasteiger partial charge in [0.2, 0.25) is 5.95 Å². The first-order chi connectivity index (χ1) is 8.16. The van der Waals surface area contributed by atoms with Crippen molar-refractivity contribution in [3.8, 4) is 0 Å². The van der Waals surface area contributed by atoms with Crippen LogP contribution in [0.2, 0.25) is 5.02 Å². The predicted molar refractivity (Wildman–Crippen MR) is 67.4 cm³/mol. The average Bonchev–Trinajstić information content (AvgIpc) is 2.32. The summed E-state index contributed by atoms with van der Waals surface area (Å²) in [7, 11) is 0. The lowest BCUT2D eigenvalue weighted by Gasteiger charge is -2.04. The van der Waals surface area contributed by atoms with Crippen molar-refractivity contribution >= 4 is 29.3 Å². The number of thioether (sulfide) groups is 1. The molecule has 17 heavy (non-hydrogen) atoms. The second-order valence-electron chi connectivity index (χ2n) is 3.26. The molecular formula is C11H9ClFN3S. The summed E-state index contributed by atoms with van der Waals surface area (Å²) in [6.45, 7) is 0. The van der Waals surface area contributed by atoms with Crippen LogP contribution in [-0.4, -0.2) is 9.97 Å². The van der Waals surface area contributed by atoms with Gasteiger partial charge in [-0.1, -0.05) is 41.6 Å². The summed E-state index contributed by atoms with van der Waals surface area (Å²) in [5.74, 6) is 0.122. The van der Waals surface area contributed by atoms with E-state index in [1.54, 1.807) is 6.07 Å². The highest BCUT2D eigenvalue weighted by Gasteiger charge is 2.07. The van der Waals surface area contributed by atoms with Crippen LogP contribution in [0.1, 0.15) is 5.56 Å². The van der Waals surface area contributed by atoms with Gasteiger partial charge in [0.05, 0.1) is 6.20 Å². The third kappa shape index (κ3) is 3.08. The Balaban J connectivity index is 2.12.